The van der Waals surface area contributed by atoms with Crippen molar-refractivity contribution in [3.8, 4) is 33.4 Å². The fourth-order valence-corrected chi connectivity index (χ4v) is 11.1. The first kappa shape index (κ1) is 38.0. The summed E-state index contributed by atoms with van der Waals surface area (Å²) in [7, 11) is 0. The molecule has 0 saturated carbocycles. The van der Waals surface area contributed by atoms with Crippen LogP contribution in [0.4, 0.5) is 34.1 Å². The molecule has 0 radical (unpaired) electrons. The van der Waals surface area contributed by atoms with E-state index in [-0.39, 0.29) is 10.8 Å². The number of anilines is 6. The lowest BCUT2D eigenvalue weighted by Gasteiger charge is -2.44. The SMILES string of the molecule is CC1(C)c2ccccc2-c2ccc(N(c3cccc(-c4ccccc4)c3)c3ccc4ccccc4c3N3c4ccccc4C(C)(C)c4c(-c5cccc6ccccc56)cccc43)cc21. The van der Waals surface area contributed by atoms with Crippen molar-refractivity contribution in [2.24, 2.45) is 0 Å². The van der Waals surface area contributed by atoms with E-state index >= 15 is 0 Å². The van der Waals surface area contributed by atoms with E-state index in [4.69, 9.17) is 0 Å². The van der Waals surface area contributed by atoms with Crippen LogP contribution in [-0.2, 0) is 10.8 Å². The lowest BCUT2D eigenvalue weighted by atomic mass is 9.70. The molecular weight excluding hydrogens is 773 g/mol. The molecule has 0 unspecified atom stereocenters. The molecule has 0 atom stereocenters. The van der Waals surface area contributed by atoms with Crippen LogP contribution in [-0.4, -0.2) is 0 Å². The molecule has 0 saturated heterocycles. The van der Waals surface area contributed by atoms with Crippen molar-refractivity contribution >= 4 is 55.7 Å². The Bertz CT molecular complexity index is 3460. The Morgan fingerprint density at radius 3 is 1.78 bits per heavy atom. The fourth-order valence-electron chi connectivity index (χ4n) is 11.1. The first-order valence-electron chi connectivity index (χ1n) is 22.5. The molecular formula is C62H48N2. The molecule has 10 aromatic carbocycles. The molecule has 1 aliphatic heterocycles. The van der Waals surface area contributed by atoms with E-state index in [2.05, 4.69) is 256 Å². The molecule has 306 valence electrons. The van der Waals surface area contributed by atoms with Gasteiger partial charge in [0.05, 0.1) is 22.7 Å². The zero-order valence-corrected chi connectivity index (χ0v) is 36.7. The normalized spacial score (nSPS) is 14.2. The van der Waals surface area contributed by atoms with Crippen molar-refractivity contribution in [1.29, 1.82) is 0 Å². The van der Waals surface area contributed by atoms with Crippen molar-refractivity contribution in [1.82, 2.24) is 0 Å². The third kappa shape index (κ3) is 5.72. The minimum atomic E-state index is -0.314. The molecule has 0 aromatic heterocycles. The predicted molar refractivity (Wildman–Crippen MR) is 271 cm³/mol. The number of hydrogen-bond donors (Lipinski definition) is 0. The Kier molecular flexibility index (Phi) is 8.58. The Labute approximate surface area is 376 Å². The van der Waals surface area contributed by atoms with E-state index in [0.29, 0.717) is 0 Å². The summed E-state index contributed by atoms with van der Waals surface area (Å²) in [6.45, 7) is 9.57. The van der Waals surface area contributed by atoms with E-state index in [1.807, 2.05) is 0 Å². The number of hydrogen-bond acceptors (Lipinski definition) is 2. The van der Waals surface area contributed by atoms with Crippen LogP contribution >= 0.6 is 0 Å². The number of nitrogens with zero attached hydrogens (tertiary/aromatic N) is 2. The molecule has 2 aliphatic rings. The number of rotatable bonds is 6. The Hall–Kier alpha value is -7.68. The molecule has 12 rings (SSSR count). The van der Waals surface area contributed by atoms with Crippen LogP contribution in [0.2, 0.25) is 0 Å². The number of para-hydroxylation sites is 1. The topological polar surface area (TPSA) is 6.48 Å². The molecule has 1 heterocycles. The maximum atomic E-state index is 2.59. The highest BCUT2D eigenvalue weighted by atomic mass is 15.2. The first-order chi connectivity index (χ1) is 31.3. The van der Waals surface area contributed by atoms with Crippen LogP contribution in [0.15, 0.2) is 218 Å². The molecule has 0 fully saturated rings. The lowest BCUT2D eigenvalue weighted by Crippen LogP contribution is -2.32. The third-order valence-corrected chi connectivity index (χ3v) is 14.2. The van der Waals surface area contributed by atoms with Gasteiger partial charge in [-0.15, -0.1) is 0 Å². The average Bonchev–Trinajstić information content (AvgIpc) is 3.57. The van der Waals surface area contributed by atoms with Crippen LogP contribution < -0.4 is 9.80 Å². The van der Waals surface area contributed by atoms with Gasteiger partial charge in [-0.1, -0.05) is 204 Å². The van der Waals surface area contributed by atoms with Crippen molar-refractivity contribution in [3.05, 3.63) is 241 Å². The van der Waals surface area contributed by atoms with Crippen LogP contribution in [0.25, 0.3) is 54.9 Å². The van der Waals surface area contributed by atoms with Gasteiger partial charge < -0.3 is 9.80 Å². The van der Waals surface area contributed by atoms with Crippen molar-refractivity contribution in [3.63, 3.8) is 0 Å². The highest BCUT2D eigenvalue weighted by molar-refractivity contribution is 6.10. The standard InChI is InChI=1S/C62H48N2/c1-61(2)53-31-13-12-28-50(53)51-37-36-46(40-55(51)61)63(45-25-16-24-44(39-45)41-19-6-5-7-20-41)58-38-35-43-22-9-11-27-48(43)60(58)64-56-33-15-14-32-54(56)62(3,4)59-52(30-18-34-57(59)64)49-29-17-23-42-21-8-10-26-47(42)49/h5-40H,1-4H3. The predicted octanol–water partition coefficient (Wildman–Crippen LogP) is 17.2. The van der Waals surface area contributed by atoms with Gasteiger partial charge in [0.15, 0.2) is 0 Å². The van der Waals surface area contributed by atoms with Gasteiger partial charge in [0.1, 0.15) is 0 Å². The van der Waals surface area contributed by atoms with Gasteiger partial charge >= 0.3 is 0 Å². The Morgan fingerprint density at radius 1 is 0.359 bits per heavy atom. The van der Waals surface area contributed by atoms with Gasteiger partial charge in [-0.25, -0.2) is 0 Å². The van der Waals surface area contributed by atoms with Gasteiger partial charge in [-0.3, -0.25) is 0 Å². The highest BCUT2D eigenvalue weighted by Crippen LogP contribution is 2.59. The number of fused-ring (bicyclic) bond motifs is 7. The summed E-state index contributed by atoms with van der Waals surface area (Å²) < 4.78 is 0. The van der Waals surface area contributed by atoms with E-state index in [1.165, 1.54) is 88.6 Å². The van der Waals surface area contributed by atoms with E-state index < -0.39 is 0 Å². The second kappa shape index (κ2) is 14.4. The molecule has 1 aliphatic carbocycles. The highest BCUT2D eigenvalue weighted by Gasteiger charge is 2.41. The largest absolute Gasteiger partial charge is 0.308 e. The summed E-state index contributed by atoms with van der Waals surface area (Å²) >= 11 is 0. The first-order valence-corrected chi connectivity index (χ1v) is 22.5. The van der Waals surface area contributed by atoms with E-state index in [0.717, 1.165) is 22.7 Å². The molecule has 2 heteroatoms. The molecule has 64 heavy (non-hydrogen) atoms. The zero-order chi connectivity index (χ0) is 43.2. The monoisotopic (exact) mass is 820 g/mol. The van der Waals surface area contributed by atoms with Crippen LogP contribution in [0.3, 0.4) is 0 Å². The van der Waals surface area contributed by atoms with Crippen molar-refractivity contribution < 1.29 is 0 Å². The Morgan fingerprint density at radius 2 is 0.938 bits per heavy atom. The van der Waals surface area contributed by atoms with Crippen LogP contribution in [0, 0.1) is 0 Å². The van der Waals surface area contributed by atoms with Crippen LogP contribution in [0.5, 0.6) is 0 Å². The molecule has 0 N–H and O–H groups in total. The molecule has 2 nitrogen and oxygen atoms in total. The summed E-state index contributed by atoms with van der Waals surface area (Å²) in [6.07, 6.45) is 0. The van der Waals surface area contributed by atoms with Gasteiger partial charge in [0, 0.05) is 27.6 Å². The lowest BCUT2D eigenvalue weighted by molar-refractivity contribution is 0.634. The van der Waals surface area contributed by atoms with Crippen molar-refractivity contribution in [2.45, 2.75) is 38.5 Å². The summed E-state index contributed by atoms with van der Waals surface area (Å²) in [5.41, 5.74) is 19.2. The molecule has 0 spiro atoms. The third-order valence-electron chi connectivity index (χ3n) is 14.2. The fraction of sp³-hybridized carbons (Fsp3) is 0.0968. The summed E-state index contributed by atoms with van der Waals surface area (Å²) in [6, 6.07) is 81.1. The molecule has 0 amide bonds. The Balaban J connectivity index is 1.17. The van der Waals surface area contributed by atoms with Gasteiger partial charge in [0.25, 0.3) is 0 Å². The second-order valence-electron chi connectivity index (χ2n) is 18.5. The van der Waals surface area contributed by atoms with Gasteiger partial charge in [0.2, 0.25) is 0 Å². The second-order valence-corrected chi connectivity index (χ2v) is 18.5. The van der Waals surface area contributed by atoms with Gasteiger partial charge in [-0.2, -0.15) is 0 Å². The number of benzene rings is 10. The molecule has 10 aromatic rings. The van der Waals surface area contributed by atoms with E-state index in [1.54, 1.807) is 0 Å². The quantitative estimate of drug-likeness (QED) is 0.165. The van der Waals surface area contributed by atoms with Crippen molar-refractivity contribution in [2.75, 3.05) is 9.80 Å². The minimum absolute atomic E-state index is 0.167. The summed E-state index contributed by atoms with van der Waals surface area (Å²) in [5.74, 6) is 0. The van der Waals surface area contributed by atoms with E-state index in [9.17, 15) is 0 Å². The maximum Gasteiger partial charge on any atom is 0.0781 e. The molecule has 0 bridgehead atoms. The smallest absolute Gasteiger partial charge is 0.0781 e. The zero-order valence-electron chi connectivity index (χ0n) is 36.7. The average molecular weight is 821 g/mol. The minimum Gasteiger partial charge on any atom is -0.308 e. The summed E-state index contributed by atoms with van der Waals surface area (Å²) in [5, 5.41) is 4.89. The summed E-state index contributed by atoms with van der Waals surface area (Å²) in [4.78, 5) is 5.10. The van der Waals surface area contributed by atoms with Gasteiger partial charge in [-0.05, 0) is 114 Å². The maximum absolute atomic E-state index is 2.59. The van der Waals surface area contributed by atoms with Crippen LogP contribution in [0.1, 0.15) is 49.9 Å².